The van der Waals surface area contributed by atoms with Crippen molar-refractivity contribution in [3.8, 4) is 0 Å². The smallest absolute Gasteiger partial charge is 0.284 e. The number of carbonyl (C=O) groups is 6. The lowest BCUT2D eigenvalue weighted by atomic mass is 10.0. The molecule has 4 amide bonds. The summed E-state index contributed by atoms with van der Waals surface area (Å²) in [6.07, 6.45) is 4.16. The van der Waals surface area contributed by atoms with Gasteiger partial charge in [0.05, 0.1) is 12.1 Å². The first-order chi connectivity index (χ1) is 30.2. The molecule has 0 aliphatic rings. The predicted octanol–water partition coefficient (Wildman–Crippen LogP) is 3.10. The van der Waals surface area contributed by atoms with Gasteiger partial charge in [-0.2, -0.15) is 0 Å². The highest BCUT2D eigenvalue weighted by Gasteiger charge is 2.21. The van der Waals surface area contributed by atoms with Crippen LogP contribution in [0.25, 0.3) is 32.7 Å². The van der Waals surface area contributed by atoms with E-state index in [4.69, 9.17) is 34.6 Å². The van der Waals surface area contributed by atoms with Gasteiger partial charge in [0.25, 0.3) is 23.6 Å². The molecule has 6 aromatic rings. The number of Topliss-reactive ketones (excluding diaryl/α,β-unsaturated/α-hetero) is 2. The number of rotatable bonds is 22. The van der Waals surface area contributed by atoms with Crippen LogP contribution in [-0.2, 0) is 9.59 Å². The molecule has 0 spiro atoms. The molecule has 332 valence electrons. The van der Waals surface area contributed by atoms with E-state index in [0.717, 1.165) is 35.7 Å². The molecule has 0 aliphatic carbocycles. The third-order valence-corrected chi connectivity index (χ3v) is 10.8. The number of carbonyl (C=O) groups excluding carboxylic acids is 6. The summed E-state index contributed by atoms with van der Waals surface area (Å²) in [6.45, 7) is 1.07. The van der Waals surface area contributed by atoms with Crippen molar-refractivity contribution < 1.29 is 28.8 Å². The maximum atomic E-state index is 13.4. The van der Waals surface area contributed by atoms with Gasteiger partial charge in [0.2, 0.25) is 0 Å². The molecule has 17 N–H and O–H groups in total. The minimum absolute atomic E-state index is 0.00129. The van der Waals surface area contributed by atoms with Crippen LogP contribution in [0.3, 0.4) is 0 Å². The Balaban J connectivity index is 1.03. The number of nitrogens with zero attached hydrogens (tertiary/aromatic N) is 2. The lowest BCUT2D eigenvalue weighted by Gasteiger charge is -2.17. The van der Waals surface area contributed by atoms with Gasteiger partial charge in [-0.1, -0.05) is 25.0 Å². The molecule has 0 aliphatic heterocycles. The van der Waals surface area contributed by atoms with E-state index in [1.165, 1.54) is 0 Å². The van der Waals surface area contributed by atoms with Crippen molar-refractivity contribution in [3.63, 3.8) is 0 Å². The summed E-state index contributed by atoms with van der Waals surface area (Å²) in [5.41, 5.74) is 26.7. The highest BCUT2D eigenvalue weighted by atomic mass is 16.2. The molecule has 63 heavy (non-hydrogen) atoms. The largest absolute Gasteiger partial charge is 0.351 e. The fourth-order valence-corrected chi connectivity index (χ4v) is 7.12. The number of nitrogens with two attached hydrogens (primary N) is 6. The van der Waals surface area contributed by atoms with E-state index in [2.05, 4.69) is 25.6 Å². The normalized spacial score (nSPS) is 12.3. The number of amides is 4. The number of nitrogens with one attached hydrogen (secondary N) is 5. The van der Waals surface area contributed by atoms with Crippen molar-refractivity contribution in [2.24, 2.45) is 34.6 Å². The van der Waals surface area contributed by atoms with Crippen LogP contribution in [0.1, 0.15) is 93.2 Å². The standard InChI is InChI=1S/C44H55N13O6/c45-15-3-1-5-31(47)39(58)13-17-56(49)43(62)37-20-25-7-10-29(23-34(25)54-37)51-41(60)27-9-12-33-28(19-27)22-36(53-33)42(61)52-30-11-8-26-21-38(55-35(26)24-30)44(63)57(50)18-14-40(59)32(48)6-2-4-16-46/h7-12,19-24,31-32,53-55H,1-6,13-18,45-50H2,(H,51,60)(H,52,61)/t31-,32-/m0/s1. The SMILES string of the molecule is NCCCC[C@H](N)C(=O)CCN(N)C(=O)c1cc2ccc(NC(=O)c3ccc4[nH]c(C(=O)Nc5ccc6cc(C(=O)N(N)CCC(=O)[C@@H](N)CCCCN)[nH]c6c5)cc4c3)cc2[nH]1. The summed E-state index contributed by atoms with van der Waals surface area (Å²) in [4.78, 5) is 86.8. The van der Waals surface area contributed by atoms with E-state index in [0.29, 0.717) is 75.6 Å². The summed E-state index contributed by atoms with van der Waals surface area (Å²) < 4.78 is 0. The number of H-pyrrole nitrogens is 3. The monoisotopic (exact) mass is 861 g/mol. The van der Waals surface area contributed by atoms with Crippen molar-refractivity contribution in [1.29, 1.82) is 0 Å². The lowest BCUT2D eigenvalue weighted by Crippen LogP contribution is -2.41. The van der Waals surface area contributed by atoms with Crippen molar-refractivity contribution in [3.05, 3.63) is 95.4 Å². The molecule has 0 unspecified atom stereocenters. The van der Waals surface area contributed by atoms with E-state index >= 15 is 0 Å². The Bertz CT molecular complexity index is 2490. The van der Waals surface area contributed by atoms with Crippen LogP contribution >= 0.6 is 0 Å². The highest BCUT2D eigenvalue weighted by Crippen LogP contribution is 2.25. The lowest BCUT2D eigenvalue weighted by molar-refractivity contribution is -0.121. The summed E-state index contributed by atoms with van der Waals surface area (Å²) in [6, 6.07) is 18.9. The summed E-state index contributed by atoms with van der Waals surface area (Å²) in [5.74, 6) is 9.82. The Morgan fingerprint density at radius 3 is 1.48 bits per heavy atom. The second-order valence-electron chi connectivity index (χ2n) is 15.6. The zero-order valence-corrected chi connectivity index (χ0v) is 34.9. The van der Waals surface area contributed by atoms with Gasteiger partial charge < -0.3 is 48.5 Å². The number of hydrogen-bond acceptors (Lipinski definition) is 12. The number of anilines is 2. The fraction of sp³-hybridized carbons (Fsp3) is 0.318. The molecule has 0 bridgehead atoms. The van der Waals surface area contributed by atoms with Gasteiger partial charge in [0.15, 0.2) is 11.6 Å². The predicted molar refractivity (Wildman–Crippen MR) is 242 cm³/mol. The van der Waals surface area contributed by atoms with Crippen molar-refractivity contribution in [2.75, 3.05) is 36.8 Å². The van der Waals surface area contributed by atoms with Gasteiger partial charge in [-0.05, 0) is 99.4 Å². The number of hydrazine groups is 2. The molecule has 6 rings (SSSR count). The van der Waals surface area contributed by atoms with Gasteiger partial charge in [0.1, 0.15) is 17.1 Å². The summed E-state index contributed by atoms with van der Waals surface area (Å²) >= 11 is 0. The van der Waals surface area contributed by atoms with Crippen molar-refractivity contribution in [1.82, 2.24) is 25.0 Å². The molecule has 2 atom stereocenters. The van der Waals surface area contributed by atoms with Crippen LogP contribution in [0.2, 0.25) is 0 Å². The number of hydrogen-bond donors (Lipinski definition) is 11. The Hall–Kier alpha value is -6.74. The fourth-order valence-electron chi connectivity index (χ4n) is 7.12. The first-order valence-corrected chi connectivity index (χ1v) is 20.9. The molecule has 0 saturated carbocycles. The third kappa shape index (κ3) is 11.6. The molecule has 0 fully saturated rings. The highest BCUT2D eigenvalue weighted by molar-refractivity contribution is 6.10. The van der Waals surface area contributed by atoms with Crippen LogP contribution < -0.4 is 45.3 Å². The van der Waals surface area contributed by atoms with Gasteiger partial charge in [-0.15, -0.1) is 0 Å². The molecule has 19 nitrogen and oxygen atoms in total. The second-order valence-corrected chi connectivity index (χ2v) is 15.6. The van der Waals surface area contributed by atoms with E-state index < -0.39 is 35.7 Å². The molecule has 3 aromatic carbocycles. The van der Waals surface area contributed by atoms with Crippen LogP contribution in [0, 0.1) is 0 Å². The molecule has 3 heterocycles. The molecule has 3 aromatic heterocycles. The topological polar surface area (TPSA) is 336 Å². The Kier molecular flexibility index (Phi) is 15.2. The van der Waals surface area contributed by atoms with Crippen LogP contribution in [0.15, 0.2) is 72.8 Å². The Morgan fingerprint density at radius 2 is 0.984 bits per heavy atom. The quantitative estimate of drug-likeness (QED) is 0.0203. The molecule has 0 radical (unpaired) electrons. The zero-order valence-electron chi connectivity index (χ0n) is 34.9. The molecule has 0 saturated heterocycles. The number of benzene rings is 3. The van der Waals surface area contributed by atoms with Gasteiger partial charge in [-0.25, -0.2) is 11.7 Å². The maximum absolute atomic E-state index is 13.4. The number of unbranched alkanes of at least 4 members (excludes halogenated alkanes) is 2. The van der Waals surface area contributed by atoms with Crippen LogP contribution in [0.4, 0.5) is 11.4 Å². The van der Waals surface area contributed by atoms with E-state index in [-0.39, 0.29) is 54.6 Å². The first kappa shape index (κ1) is 45.8. The molecular formula is C44H55N13O6. The number of aromatic nitrogens is 3. The van der Waals surface area contributed by atoms with Gasteiger partial charge in [-0.3, -0.25) is 38.8 Å². The number of ketones is 2. The average molecular weight is 862 g/mol. The second kappa shape index (κ2) is 20.9. The zero-order chi connectivity index (χ0) is 45.2. The molecule has 19 heteroatoms. The van der Waals surface area contributed by atoms with Crippen molar-refractivity contribution in [2.45, 2.75) is 63.5 Å². The van der Waals surface area contributed by atoms with Crippen molar-refractivity contribution >= 4 is 79.3 Å². The minimum atomic E-state index is -0.629. The number of fused-ring (bicyclic) bond motifs is 3. The Labute approximate surface area is 362 Å². The Morgan fingerprint density at radius 1 is 0.524 bits per heavy atom. The van der Waals surface area contributed by atoms with E-state index in [1.54, 1.807) is 72.8 Å². The minimum Gasteiger partial charge on any atom is -0.351 e. The van der Waals surface area contributed by atoms with Crippen LogP contribution in [0.5, 0.6) is 0 Å². The summed E-state index contributed by atoms with van der Waals surface area (Å²) in [5, 5.41) is 9.73. The summed E-state index contributed by atoms with van der Waals surface area (Å²) in [7, 11) is 0. The third-order valence-electron chi connectivity index (χ3n) is 10.8. The van der Waals surface area contributed by atoms with E-state index in [9.17, 15) is 28.8 Å². The van der Waals surface area contributed by atoms with Gasteiger partial charge in [0, 0.05) is 75.6 Å². The number of aromatic amines is 3. The van der Waals surface area contributed by atoms with E-state index in [1.807, 2.05) is 0 Å². The average Bonchev–Trinajstić information content (AvgIpc) is 4.03. The molecular weight excluding hydrogens is 807 g/mol. The first-order valence-electron chi connectivity index (χ1n) is 20.9. The van der Waals surface area contributed by atoms with Crippen LogP contribution in [-0.4, -0.2) is 98.4 Å². The van der Waals surface area contributed by atoms with Gasteiger partial charge >= 0.3 is 0 Å². The maximum Gasteiger partial charge on any atom is 0.284 e.